The molecule has 3 heterocycles. The molecule has 0 radical (unpaired) electrons. The number of thioether (sulfide) groups is 1. The molecule has 0 spiro atoms. The van der Waals surface area contributed by atoms with Gasteiger partial charge in [0.2, 0.25) is 5.16 Å². The molecule has 0 aliphatic carbocycles. The van der Waals surface area contributed by atoms with Gasteiger partial charge in [0.05, 0.1) is 23.6 Å². The molecule has 2 aromatic heterocycles. The molecule has 28 heavy (non-hydrogen) atoms. The largest absolute Gasteiger partial charge is 0.375 e. The van der Waals surface area contributed by atoms with Gasteiger partial charge in [0, 0.05) is 12.3 Å². The number of para-hydroxylation sites is 1. The van der Waals surface area contributed by atoms with Crippen molar-refractivity contribution in [2.24, 2.45) is 7.05 Å². The highest BCUT2D eigenvalue weighted by Gasteiger charge is 2.28. The molecule has 1 fully saturated rings. The monoisotopic (exact) mass is 400 g/mol. The number of rotatable bonds is 4. The van der Waals surface area contributed by atoms with Crippen molar-refractivity contribution in [2.75, 3.05) is 0 Å². The Morgan fingerprint density at radius 3 is 2.50 bits per heavy atom. The second-order valence-electron chi connectivity index (χ2n) is 7.25. The van der Waals surface area contributed by atoms with Gasteiger partial charge < -0.3 is 4.74 Å². The molecule has 1 unspecified atom stereocenters. The first-order valence-corrected chi connectivity index (χ1v) is 10.3. The fourth-order valence-electron chi connectivity index (χ4n) is 3.78. The zero-order valence-corrected chi connectivity index (χ0v) is 17.3. The van der Waals surface area contributed by atoms with Crippen LogP contribution in [0.1, 0.15) is 32.4 Å². The number of benzene rings is 1. The van der Waals surface area contributed by atoms with E-state index in [1.165, 1.54) is 0 Å². The number of nitrogens with zero attached hydrogens (tertiary/aromatic N) is 6. The van der Waals surface area contributed by atoms with Crippen LogP contribution < -0.4 is 5.56 Å². The lowest BCUT2D eigenvalue weighted by molar-refractivity contribution is -0.0265. The van der Waals surface area contributed by atoms with E-state index in [0.717, 1.165) is 24.2 Å². The van der Waals surface area contributed by atoms with Crippen molar-refractivity contribution in [3.63, 3.8) is 0 Å². The molecule has 1 aromatic carbocycles. The van der Waals surface area contributed by atoms with Crippen LogP contribution in [-0.4, -0.2) is 47.0 Å². The smallest absolute Gasteiger partial charge is 0.297 e. The fourth-order valence-corrected chi connectivity index (χ4v) is 5.12. The number of hydrogen-bond donors (Lipinski definition) is 0. The first-order chi connectivity index (χ1) is 13.5. The normalized spacial score (nSPS) is 22.5. The average molecular weight is 401 g/mol. The molecule has 3 atom stereocenters. The summed E-state index contributed by atoms with van der Waals surface area (Å²) in [5.41, 5.74) is 1.94. The van der Waals surface area contributed by atoms with Crippen molar-refractivity contribution in [1.29, 1.82) is 0 Å². The molecule has 9 heteroatoms. The standard InChI is InChI=1S/C19H24N6O2S/c1-12-10-16(11-13(2)27-12)28-19-20-21-22-24(19)17-14(3)23(4)25(18(17)26)15-8-6-5-7-9-15/h5-9,12-13,16H,10-11H2,1-4H3/t12-,13+,16?. The first kappa shape index (κ1) is 18.9. The van der Waals surface area contributed by atoms with Gasteiger partial charge >= 0.3 is 0 Å². The van der Waals surface area contributed by atoms with Crippen LogP contribution in [0.2, 0.25) is 0 Å². The quantitative estimate of drug-likeness (QED) is 0.669. The lowest BCUT2D eigenvalue weighted by Crippen LogP contribution is -2.31. The average Bonchev–Trinajstić information content (AvgIpc) is 3.17. The van der Waals surface area contributed by atoms with E-state index in [1.54, 1.807) is 21.1 Å². The van der Waals surface area contributed by atoms with E-state index in [4.69, 9.17) is 4.74 Å². The van der Waals surface area contributed by atoms with Crippen molar-refractivity contribution < 1.29 is 4.74 Å². The number of tetrazole rings is 1. The zero-order valence-electron chi connectivity index (χ0n) is 16.4. The third-order valence-corrected chi connectivity index (χ3v) is 6.29. The number of hydrogen-bond acceptors (Lipinski definition) is 6. The highest BCUT2D eigenvalue weighted by molar-refractivity contribution is 7.99. The Labute approximate surface area is 167 Å². The van der Waals surface area contributed by atoms with Crippen LogP contribution in [0.4, 0.5) is 0 Å². The Kier molecular flexibility index (Phi) is 5.11. The summed E-state index contributed by atoms with van der Waals surface area (Å²) in [5.74, 6) is 0. The summed E-state index contributed by atoms with van der Waals surface area (Å²) in [6.07, 6.45) is 2.28. The lowest BCUT2D eigenvalue weighted by Gasteiger charge is -2.31. The lowest BCUT2D eigenvalue weighted by atomic mass is 10.1. The van der Waals surface area contributed by atoms with Crippen molar-refractivity contribution >= 4 is 11.8 Å². The summed E-state index contributed by atoms with van der Waals surface area (Å²) in [5, 5.41) is 13.2. The van der Waals surface area contributed by atoms with Gasteiger partial charge in [0.15, 0.2) is 5.69 Å². The third kappa shape index (κ3) is 3.40. The van der Waals surface area contributed by atoms with Crippen molar-refractivity contribution in [3.8, 4) is 11.4 Å². The van der Waals surface area contributed by atoms with E-state index in [9.17, 15) is 4.79 Å². The van der Waals surface area contributed by atoms with Crippen molar-refractivity contribution in [3.05, 3.63) is 46.4 Å². The summed E-state index contributed by atoms with van der Waals surface area (Å²) < 4.78 is 10.9. The predicted molar refractivity (Wildman–Crippen MR) is 107 cm³/mol. The van der Waals surface area contributed by atoms with Gasteiger partial charge in [-0.15, -0.1) is 5.10 Å². The van der Waals surface area contributed by atoms with Crippen LogP contribution in [0.3, 0.4) is 0 Å². The third-order valence-electron chi connectivity index (χ3n) is 5.10. The molecule has 3 aromatic rings. The highest BCUT2D eigenvalue weighted by atomic mass is 32.2. The fraction of sp³-hybridized carbons (Fsp3) is 0.474. The van der Waals surface area contributed by atoms with Crippen LogP contribution in [0.5, 0.6) is 0 Å². The summed E-state index contributed by atoms with van der Waals surface area (Å²) in [7, 11) is 1.87. The van der Waals surface area contributed by atoms with Gasteiger partial charge in [-0.05, 0) is 56.2 Å². The first-order valence-electron chi connectivity index (χ1n) is 9.40. The molecule has 1 aliphatic heterocycles. The van der Waals surface area contributed by atoms with Crippen LogP contribution in [0, 0.1) is 6.92 Å². The van der Waals surface area contributed by atoms with E-state index in [-0.39, 0.29) is 17.8 Å². The Hall–Kier alpha value is -2.39. The molecule has 4 rings (SSSR count). The van der Waals surface area contributed by atoms with E-state index < -0.39 is 0 Å². The molecule has 0 N–H and O–H groups in total. The summed E-state index contributed by atoms with van der Waals surface area (Å²) in [4.78, 5) is 13.3. The van der Waals surface area contributed by atoms with Crippen LogP contribution in [0.15, 0.2) is 40.3 Å². The Bertz CT molecular complexity index is 1010. The predicted octanol–water partition coefficient (Wildman–Crippen LogP) is 2.51. The second-order valence-corrected chi connectivity index (χ2v) is 8.52. The van der Waals surface area contributed by atoms with E-state index in [2.05, 4.69) is 29.4 Å². The van der Waals surface area contributed by atoms with Gasteiger partial charge in [0.1, 0.15) is 0 Å². The zero-order chi connectivity index (χ0) is 19.8. The minimum atomic E-state index is -0.144. The summed E-state index contributed by atoms with van der Waals surface area (Å²) >= 11 is 1.62. The van der Waals surface area contributed by atoms with E-state index in [1.807, 2.05) is 49.0 Å². The Balaban J connectivity index is 1.72. The number of ether oxygens (including phenoxy) is 1. The molecule has 0 bridgehead atoms. The maximum Gasteiger partial charge on any atom is 0.297 e. The topological polar surface area (TPSA) is 79.8 Å². The SMILES string of the molecule is Cc1c(-n2nnnc2SC2C[C@@H](C)O[C@@H](C)C2)c(=O)n(-c2ccccc2)n1C. The van der Waals surface area contributed by atoms with Crippen LogP contribution >= 0.6 is 11.8 Å². The van der Waals surface area contributed by atoms with Crippen molar-refractivity contribution in [1.82, 2.24) is 29.6 Å². The second kappa shape index (κ2) is 7.56. The van der Waals surface area contributed by atoms with Gasteiger partial charge in [-0.2, -0.15) is 4.68 Å². The highest BCUT2D eigenvalue weighted by Crippen LogP contribution is 2.33. The Morgan fingerprint density at radius 2 is 1.82 bits per heavy atom. The maximum atomic E-state index is 13.3. The molecular weight excluding hydrogens is 376 g/mol. The van der Waals surface area contributed by atoms with E-state index >= 15 is 0 Å². The molecule has 148 valence electrons. The Morgan fingerprint density at radius 1 is 1.14 bits per heavy atom. The van der Waals surface area contributed by atoms with Gasteiger partial charge in [-0.1, -0.05) is 30.0 Å². The maximum absolute atomic E-state index is 13.3. The van der Waals surface area contributed by atoms with E-state index in [0.29, 0.717) is 16.1 Å². The van der Waals surface area contributed by atoms with Gasteiger partial charge in [-0.3, -0.25) is 9.48 Å². The van der Waals surface area contributed by atoms with Crippen LogP contribution in [-0.2, 0) is 11.8 Å². The number of aromatic nitrogens is 6. The molecule has 0 amide bonds. The minimum Gasteiger partial charge on any atom is -0.375 e. The molecule has 1 saturated heterocycles. The van der Waals surface area contributed by atoms with Gasteiger partial charge in [0.25, 0.3) is 5.56 Å². The molecule has 1 aliphatic rings. The minimum absolute atomic E-state index is 0.144. The van der Waals surface area contributed by atoms with Gasteiger partial charge in [-0.25, -0.2) is 4.68 Å². The van der Waals surface area contributed by atoms with Crippen LogP contribution in [0.25, 0.3) is 11.4 Å². The molecule has 8 nitrogen and oxygen atoms in total. The summed E-state index contributed by atoms with van der Waals surface area (Å²) in [6.45, 7) is 6.09. The molecule has 0 saturated carbocycles. The van der Waals surface area contributed by atoms with Crippen molar-refractivity contribution in [2.45, 2.75) is 56.2 Å². The summed E-state index contributed by atoms with van der Waals surface area (Å²) in [6, 6.07) is 9.57. The molecular formula is C19H24N6O2S.